The zero-order valence-corrected chi connectivity index (χ0v) is 9.77. The van der Waals surface area contributed by atoms with Crippen LogP contribution in [0.15, 0.2) is 42.5 Å². The Balaban J connectivity index is 2.07. The summed E-state index contributed by atoms with van der Waals surface area (Å²) >= 11 is 0. The van der Waals surface area contributed by atoms with Crippen LogP contribution in [0.25, 0.3) is 0 Å². The van der Waals surface area contributed by atoms with Crippen LogP contribution in [0.4, 0.5) is 8.78 Å². The zero-order valence-electron chi connectivity index (χ0n) is 9.77. The van der Waals surface area contributed by atoms with Crippen molar-refractivity contribution in [3.8, 4) is 5.75 Å². The van der Waals surface area contributed by atoms with Crippen LogP contribution in [0.1, 0.15) is 15.9 Å². The van der Waals surface area contributed by atoms with Crippen LogP contribution in [-0.2, 0) is 6.61 Å². The number of hydrogen-bond acceptors (Lipinski definition) is 2. The molecule has 2 aromatic carbocycles. The molecule has 0 saturated heterocycles. The van der Waals surface area contributed by atoms with Crippen molar-refractivity contribution >= 4 is 5.97 Å². The molecule has 0 unspecified atom stereocenters. The van der Waals surface area contributed by atoms with Gasteiger partial charge in [-0.1, -0.05) is 6.07 Å². The van der Waals surface area contributed by atoms with E-state index in [2.05, 4.69) is 0 Å². The first kappa shape index (κ1) is 13.0. The number of carbonyl (C=O) groups is 1. The van der Waals surface area contributed by atoms with Gasteiger partial charge in [0.25, 0.3) is 0 Å². The van der Waals surface area contributed by atoms with Gasteiger partial charge in [0.1, 0.15) is 24.0 Å². The molecular weight excluding hydrogens is 254 g/mol. The minimum Gasteiger partial charge on any atom is -0.489 e. The van der Waals surface area contributed by atoms with E-state index in [9.17, 15) is 13.6 Å². The first-order chi connectivity index (χ1) is 9.06. The zero-order chi connectivity index (χ0) is 13.8. The maximum absolute atomic E-state index is 13.6. The second-order valence-corrected chi connectivity index (χ2v) is 3.85. The first-order valence-corrected chi connectivity index (χ1v) is 5.46. The fourth-order valence-electron chi connectivity index (χ4n) is 1.49. The fourth-order valence-corrected chi connectivity index (χ4v) is 1.49. The van der Waals surface area contributed by atoms with Gasteiger partial charge in [-0.3, -0.25) is 0 Å². The molecule has 5 heteroatoms. The molecule has 0 amide bonds. The minimum atomic E-state index is -1.19. The molecule has 1 N–H and O–H groups in total. The number of carboxylic acid groups (broad SMARTS) is 1. The highest BCUT2D eigenvalue weighted by Crippen LogP contribution is 2.16. The van der Waals surface area contributed by atoms with Gasteiger partial charge in [-0.25, -0.2) is 13.6 Å². The molecule has 0 spiro atoms. The van der Waals surface area contributed by atoms with Crippen molar-refractivity contribution in [1.29, 1.82) is 0 Å². The number of benzene rings is 2. The summed E-state index contributed by atoms with van der Waals surface area (Å²) in [4.78, 5) is 10.6. The van der Waals surface area contributed by atoms with E-state index in [0.717, 1.165) is 6.07 Å². The summed E-state index contributed by atoms with van der Waals surface area (Å²) in [5.41, 5.74) is 0.109. The number of aromatic carboxylic acids is 1. The third kappa shape index (κ3) is 3.28. The number of ether oxygens (including phenoxy) is 1. The van der Waals surface area contributed by atoms with Crippen molar-refractivity contribution in [2.24, 2.45) is 0 Å². The normalized spacial score (nSPS) is 10.2. The third-order valence-electron chi connectivity index (χ3n) is 2.51. The Kier molecular flexibility index (Phi) is 3.75. The summed E-state index contributed by atoms with van der Waals surface area (Å²) in [7, 11) is 0. The molecular formula is C14H10F2O3. The first-order valence-electron chi connectivity index (χ1n) is 5.46. The van der Waals surface area contributed by atoms with E-state index in [1.165, 1.54) is 36.4 Å². The molecule has 0 radical (unpaired) electrons. The van der Waals surface area contributed by atoms with Crippen LogP contribution >= 0.6 is 0 Å². The predicted molar refractivity (Wildman–Crippen MR) is 64.1 cm³/mol. The maximum atomic E-state index is 13.6. The van der Waals surface area contributed by atoms with Crippen molar-refractivity contribution in [1.82, 2.24) is 0 Å². The molecule has 0 saturated carbocycles. The Bertz CT molecular complexity index is 594. The van der Waals surface area contributed by atoms with Crippen LogP contribution in [0.2, 0.25) is 0 Å². The second-order valence-electron chi connectivity index (χ2n) is 3.85. The monoisotopic (exact) mass is 264 g/mol. The molecule has 0 heterocycles. The van der Waals surface area contributed by atoms with E-state index in [-0.39, 0.29) is 23.6 Å². The van der Waals surface area contributed by atoms with Gasteiger partial charge in [-0.05, 0) is 36.4 Å². The summed E-state index contributed by atoms with van der Waals surface area (Å²) < 4.78 is 31.5. The molecule has 19 heavy (non-hydrogen) atoms. The van der Waals surface area contributed by atoms with Gasteiger partial charge in [0.2, 0.25) is 0 Å². The lowest BCUT2D eigenvalue weighted by molar-refractivity contribution is 0.0696. The largest absolute Gasteiger partial charge is 0.489 e. The van der Waals surface area contributed by atoms with Crippen molar-refractivity contribution < 1.29 is 23.4 Å². The Morgan fingerprint density at radius 3 is 2.37 bits per heavy atom. The maximum Gasteiger partial charge on any atom is 0.335 e. The van der Waals surface area contributed by atoms with Gasteiger partial charge >= 0.3 is 5.97 Å². The molecule has 2 rings (SSSR count). The number of carboxylic acids is 1. The fraction of sp³-hybridized carbons (Fsp3) is 0.0714. The van der Waals surface area contributed by atoms with Crippen LogP contribution in [0.3, 0.4) is 0 Å². The average molecular weight is 264 g/mol. The lowest BCUT2D eigenvalue weighted by Gasteiger charge is -2.07. The predicted octanol–water partition coefficient (Wildman–Crippen LogP) is 3.24. The smallest absolute Gasteiger partial charge is 0.335 e. The summed E-state index contributed by atoms with van der Waals surface area (Å²) in [6.07, 6.45) is 0. The van der Waals surface area contributed by atoms with Gasteiger partial charge < -0.3 is 9.84 Å². The van der Waals surface area contributed by atoms with Gasteiger partial charge in [0.05, 0.1) is 5.56 Å². The van der Waals surface area contributed by atoms with Gasteiger partial charge in [0, 0.05) is 5.56 Å². The third-order valence-corrected chi connectivity index (χ3v) is 2.51. The molecule has 0 bridgehead atoms. The second kappa shape index (κ2) is 5.48. The number of rotatable bonds is 4. The molecule has 3 nitrogen and oxygen atoms in total. The average Bonchev–Trinajstić information content (AvgIpc) is 2.39. The Hall–Kier alpha value is -2.43. The van der Waals surface area contributed by atoms with Crippen molar-refractivity contribution in [2.75, 3.05) is 0 Å². The topological polar surface area (TPSA) is 46.5 Å². The summed E-state index contributed by atoms with van der Waals surface area (Å²) in [6.45, 7) is -0.0582. The molecule has 0 aliphatic rings. The standard InChI is InChI=1S/C14H10F2O3/c15-11-3-5-12(6-4-11)19-8-10-2-1-9(14(17)18)7-13(10)16/h1-7H,8H2,(H,17,18). The molecule has 98 valence electrons. The molecule has 0 atom stereocenters. The van der Waals surface area contributed by atoms with E-state index in [0.29, 0.717) is 5.75 Å². The van der Waals surface area contributed by atoms with E-state index in [1.807, 2.05) is 0 Å². The van der Waals surface area contributed by atoms with Crippen molar-refractivity contribution in [3.05, 3.63) is 65.2 Å². The molecule has 0 fully saturated rings. The van der Waals surface area contributed by atoms with E-state index in [4.69, 9.17) is 9.84 Å². The highest BCUT2D eigenvalue weighted by molar-refractivity contribution is 5.87. The lowest BCUT2D eigenvalue weighted by atomic mass is 10.1. The van der Waals surface area contributed by atoms with Gasteiger partial charge in [-0.15, -0.1) is 0 Å². The molecule has 0 aromatic heterocycles. The Labute approximate surface area is 108 Å². The highest BCUT2D eigenvalue weighted by Gasteiger charge is 2.08. The van der Waals surface area contributed by atoms with Crippen LogP contribution < -0.4 is 4.74 Å². The van der Waals surface area contributed by atoms with Crippen LogP contribution in [-0.4, -0.2) is 11.1 Å². The van der Waals surface area contributed by atoms with Crippen molar-refractivity contribution in [3.63, 3.8) is 0 Å². The lowest BCUT2D eigenvalue weighted by Crippen LogP contribution is -2.02. The summed E-state index contributed by atoms with van der Waals surface area (Å²) in [5.74, 6) is -1.82. The van der Waals surface area contributed by atoms with E-state index < -0.39 is 11.8 Å². The van der Waals surface area contributed by atoms with Gasteiger partial charge in [-0.2, -0.15) is 0 Å². The Morgan fingerprint density at radius 2 is 1.79 bits per heavy atom. The Morgan fingerprint density at radius 1 is 1.11 bits per heavy atom. The van der Waals surface area contributed by atoms with Crippen molar-refractivity contribution in [2.45, 2.75) is 6.61 Å². The molecule has 0 aliphatic heterocycles. The molecule has 2 aromatic rings. The molecule has 0 aliphatic carbocycles. The SMILES string of the molecule is O=C(O)c1ccc(COc2ccc(F)cc2)c(F)c1. The quantitative estimate of drug-likeness (QED) is 0.922. The summed E-state index contributed by atoms with van der Waals surface area (Å²) in [6, 6.07) is 8.92. The van der Waals surface area contributed by atoms with Crippen LogP contribution in [0.5, 0.6) is 5.75 Å². The van der Waals surface area contributed by atoms with Gasteiger partial charge in [0.15, 0.2) is 0 Å². The summed E-state index contributed by atoms with van der Waals surface area (Å²) in [5, 5.41) is 8.70. The van der Waals surface area contributed by atoms with Crippen LogP contribution in [0, 0.1) is 11.6 Å². The van der Waals surface area contributed by atoms with E-state index >= 15 is 0 Å². The minimum absolute atomic E-state index is 0.0582. The van der Waals surface area contributed by atoms with E-state index in [1.54, 1.807) is 0 Å². The number of halogens is 2. The highest BCUT2D eigenvalue weighted by atomic mass is 19.1. The number of hydrogen-bond donors (Lipinski definition) is 1.